The first-order chi connectivity index (χ1) is 8.93. The lowest BCUT2D eigenvalue weighted by atomic mass is 9.93. The Kier molecular flexibility index (Phi) is 8.46. The van der Waals surface area contributed by atoms with Gasteiger partial charge < -0.3 is 11.1 Å². The van der Waals surface area contributed by atoms with Crippen molar-refractivity contribution in [2.45, 2.75) is 20.4 Å². The zero-order chi connectivity index (χ0) is 14.3. The van der Waals surface area contributed by atoms with Gasteiger partial charge in [-0.05, 0) is 24.6 Å². The van der Waals surface area contributed by atoms with E-state index in [1.165, 1.54) is 0 Å². The SMILES string of the molecule is CN(CC(=O)NCc1ccccc1)CC(C)(C)CN.Cl. The van der Waals surface area contributed by atoms with Gasteiger partial charge in [-0.1, -0.05) is 44.2 Å². The van der Waals surface area contributed by atoms with Crippen LogP contribution in [0, 0.1) is 5.41 Å². The quantitative estimate of drug-likeness (QED) is 0.805. The summed E-state index contributed by atoms with van der Waals surface area (Å²) in [6.45, 7) is 6.60. The standard InChI is InChI=1S/C15H25N3O.ClH/c1-15(2,11-16)12-18(3)10-14(19)17-9-13-7-5-4-6-8-13;/h4-8H,9-12,16H2,1-3H3,(H,17,19);1H. The lowest BCUT2D eigenvalue weighted by molar-refractivity contribution is -0.122. The Bertz CT molecular complexity index is 395. The van der Waals surface area contributed by atoms with Crippen LogP contribution in [0.1, 0.15) is 19.4 Å². The van der Waals surface area contributed by atoms with Gasteiger partial charge in [0.05, 0.1) is 6.54 Å². The number of carbonyl (C=O) groups is 1. The van der Waals surface area contributed by atoms with E-state index in [9.17, 15) is 4.79 Å². The fourth-order valence-corrected chi connectivity index (χ4v) is 1.95. The number of benzene rings is 1. The molecule has 0 saturated carbocycles. The van der Waals surface area contributed by atoms with Crippen LogP contribution < -0.4 is 11.1 Å². The molecule has 0 aliphatic carbocycles. The first-order valence-electron chi connectivity index (χ1n) is 6.62. The van der Waals surface area contributed by atoms with Crippen LogP contribution in [0.2, 0.25) is 0 Å². The summed E-state index contributed by atoms with van der Waals surface area (Å²) < 4.78 is 0. The van der Waals surface area contributed by atoms with Gasteiger partial charge in [0.25, 0.3) is 0 Å². The summed E-state index contributed by atoms with van der Waals surface area (Å²) in [6, 6.07) is 9.91. The maximum atomic E-state index is 11.8. The number of likely N-dealkylation sites (N-methyl/N-ethyl adjacent to an activating group) is 1. The molecule has 1 rings (SSSR count). The summed E-state index contributed by atoms with van der Waals surface area (Å²) in [4.78, 5) is 13.8. The molecule has 1 amide bonds. The average Bonchev–Trinajstić information content (AvgIpc) is 2.37. The van der Waals surface area contributed by atoms with Gasteiger partial charge in [0.1, 0.15) is 0 Å². The number of nitrogens with zero attached hydrogens (tertiary/aromatic N) is 1. The molecule has 0 radical (unpaired) electrons. The predicted molar refractivity (Wildman–Crippen MR) is 85.9 cm³/mol. The number of carbonyl (C=O) groups excluding carboxylic acids is 1. The number of halogens is 1. The van der Waals surface area contributed by atoms with E-state index >= 15 is 0 Å². The maximum absolute atomic E-state index is 11.8. The van der Waals surface area contributed by atoms with E-state index in [0.29, 0.717) is 19.6 Å². The Morgan fingerprint density at radius 2 is 1.90 bits per heavy atom. The number of hydrogen-bond acceptors (Lipinski definition) is 3. The normalized spacial score (nSPS) is 11.1. The minimum absolute atomic E-state index is 0. The van der Waals surface area contributed by atoms with E-state index in [1.54, 1.807) is 0 Å². The highest BCUT2D eigenvalue weighted by Crippen LogP contribution is 2.13. The first kappa shape index (κ1) is 18.9. The Morgan fingerprint density at radius 1 is 1.30 bits per heavy atom. The molecule has 0 heterocycles. The molecule has 1 aromatic rings. The van der Waals surface area contributed by atoms with Crippen LogP contribution in [0.4, 0.5) is 0 Å². The van der Waals surface area contributed by atoms with Crippen LogP contribution in [0.3, 0.4) is 0 Å². The van der Waals surface area contributed by atoms with Gasteiger partial charge in [-0.3, -0.25) is 9.69 Å². The predicted octanol–water partition coefficient (Wildman–Crippen LogP) is 1.64. The van der Waals surface area contributed by atoms with Crippen molar-refractivity contribution < 1.29 is 4.79 Å². The van der Waals surface area contributed by atoms with Crippen LogP contribution in [-0.4, -0.2) is 37.5 Å². The molecule has 1 aromatic carbocycles. The molecule has 3 N–H and O–H groups in total. The molecule has 0 aliphatic heterocycles. The molecule has 114 valence electrons. The lowest BCUT2D eigenvalue weighted by Gasteiger charge is -2.28. The number of nitrogens with one attached hydrogen (secondary N) is 1. The van der Waals surface area contributed by atoms with Crippen molar-refractivity contribution in [3.8, 4) is 0 Å². The summed E-state index contributed by atoms with van der Waals surface area (Å²) in [5.74, 6) is 0.0409. The van der Waals surface area contributed by atoms with Gasteiger partial charge >= 0.3 is 0 Å². The molecule has 4 nitrogen and oxygen atoms in total. The molecule has 0 aliphatic rings. The van der Waals surface area contributed by atoms with E-state index in [1.807, 2.05) is 42.3 Å². The van der Waals surface area contributed by atoms with Crippen LogP contribution in [0.25, 0.3) is 0 Å². The van der Waals surface area contributed by atoms with Crippen LogP contribution >= 0.6 is 12.4 Å². The van der Waals surface area contributed by atoms with Crippen molar-refractivity contribution >= 4 is 18.3 Å². The Hall–Kier alpha value is -1.10. The second-order valence-corrected chi connectivity index (χ2v) is 5.80. The van der Waals surface area contributed by atoms with Gasteiger partial charge in [0.15, 0.2) is 0 Å². The van der Waals surface area contributed by atoms with Crippen molar-refractivity contribution in [1.82, 2.24) is 10.2 Å². The van der Waals surface area contributed by atoms with Crippen molar-refractivity contribution in [2.75, 3.05) is 26.7 Å². The molecule has 0 aromatic heterocycles. The third kappa shape index (κ3) is 7.48. The summed E-state index contributed by atoms with van der Waals surface area (Å²) in [5, 5.41) is 2.92. The second kappa shape index (κ2) is 8.95. The molecule has 0 saturated heterocycles. The van der Waals surface area contributed by atoms with Gasteiger partial charge in [0, 0.05) is 13.1 Å². The van der Waals surface area contributed by atoms with E-state index in [0.717, 1.165) is 12.1 Å². The molecule has 0 unspecified atom stereocenters. The Balaban J connectivity index is 0.00000361. The third-order valence-corrected chi connectivity index (χ3v) is 3.00. The molecule has 20 heavy (non-hydrogen) atoms. The maximum Gasteiger partial charge on any atom is 0.234 e. The number of rotatable bonds is 7. The molecule has 0 fully saturated rings. The van der Waals surface area contributed by atoms with Gasteiger partial charge in [-0.15, -0.1) is 12.4 Å². The lowest BCUT2D eigenvalue weighted by Crippen LogP contribution is -2.41. The Morgan fingerprint density at radius 3 is 2.45 bits per heavy atom. The first-order valence-corrected chi connectivity index (χ1v) is 6.62. The number of hydrogen-bond donors (Lipinski definition) is 2. The zero-order valence-corrected chi connectivity index (χ0v) is 13.4. The van der Waals surface area contributed by atoms with Crippen LogP contribution in [0.5, 0.6) is 0 Å². The zero-order valence-electron chi connectivity index (χ0n) is 12.6. The molecular weight excluding hydrogens is 274 g/mol. The van der Waals surface area contributed by atoms with Crippen molar-refractivity contribution in [3.05, 3.63) is 35.9 Å². The largest absolute Gasteiger partial charge is 0.351 e. The third-order valence-electron chi connectivity index (χ3n) is 3.00. The second-order valence-electron chi connectivity index (χ2n) is 5.80. The minimum atomic E-state index is 0. The van der Waals surface area contributed by atoms with Crippen LogP contribution in [0.15, 0.2) is 30.3 Å². The molecule has 0 bridgehead atoms. The highest BCUT2D eigenvalue weighted by atomic mass is 35.5. The topological polar surface area (TPSA) is 58.4 Å². The number of amides is 1. The summed E-state index contributed by atoms with van der Waals surface area (Å²) in [6.07, 6.45) is 0. The van der Waals surface area contributed by atoms with Crippen molar-refractivity contribution in [3.63, 3.8) is 0 Å². The Labute approximate surface area is 128 Å². The molecular formula is C15H26ClN3O. The minimum Gasteiger partial charge on any atom is -0.351 e. The molecule has 0 spiro atoms. The van der Waals surface area contributed by atoms with E-state index in [4.69, 9.17) is 5.73 Å². The van der Waals surface area contributed by atoms with Crippen molar-refractivity contribution in [1.29, 1.82) is 0 Å². The van der Waals surface area contributed by atoms with E-state index < -0.39 is 0 Å². The monoisotopic (exact) mass is 299 g/mol. The summed E-state index contributed by atoms with van der Waals surface area (Å²) >= 11 is 0. The van der Waals surface area contributed by atoms with Crippen molar-refractivity contribution in [2.24, 2.45) is 11.1 Å². The number of nitrogens with two attached hydrogens (primary N) is 1. The highest BCUT2D eigenvalue weighted by molar-refractivity contribution is 5.85. The summed E-state index contributed by atoms with van der Waals surface area (Å²) in [5.41, 5.74) is 6.84. The molecule has 5 heteroatoms. The van der Waals surface area contributed by atoms with E-state index in [-0.39, 0.29) is 23.7 Å². The van der Waals surface area contributed by atoms with E-state index in [2.05, 4.69) is 19.2 Å². The van der Waals surface area contributed by atoms with Gasteiger partial charge in [-0.2, -0.15) is 0 Å². The smallest absolute Gasteiger partial charge is 0.234 e. The fraction of sp³-hybridized carbons (Fsp3) is 0.533. The molecule has 0 atom stereocenters. The highest BCUT2D eigenvalue weighted by Gasteiger charge is 2.19. The van der Waals surface area contributed by atoms with Gasteiger partial charge in [0.2, 0.25) is 5.91 Å². The summed E-state index contributed by atoms with van der Waals surface area (Å²) in [7, 11) is 1.94. The van der Waals surface area contributed by atoms with Crippen LogP contribution in [-0.2, 0) is 11.3 Å². The van der Waals surface area contributed by atoms with Gasteiger partial charge in [-0.25, -0.2) is 0 Å². The fourth-order valence-electron chi connectivity index (χ4n) is 1.95. The average molecular weight is 300 g/mol.